The van der Waals surface area contributed by atoms with Crippen molar-refractivity contribution in [1.82, 2.24) is 9.97 Å². The smallest absolute Gasteiger partial charge is 0.0795 e. The molecule has 3 nitrogen and oxygen atoms in total. The van der Waals surface area contributed by atoms with Crippen LogP contribution in [0.4, 0.5) is 0 Å². The number of hydrogen-bond acceptors (Lipinski definition) is 3. The molecule has 0 aliphatic carbocycles. The van der Waals surface area contributed by atoms with E-state index in [1.807, 2.05) is 42.7 Å². The molecule has 0 aliphatic rings. The summed E-state index contributed by atoms with van der Waals surface area (Å²) >= 11 is -2.30. The van der Waals surface area contributed by atoms with Crippen LogP contribution in [0.5, 0.6) is 0 Å². The molecule has 0 fully saturated rings. The summed E-state index contributed by atoms with van der Waals surface area (Å²) in [7, 11) is -1.23. The van der Waals surface area contributed by atoms with Crippen LogP contribution in [0.2, 0.25) is 36.9 Å². The average molecular weight is 898 g/mol. The zero-order valence-corrected chi connectivity index (χ0v) is 35.2. The predicted octanol–water partition coefficient (Wildman–Crippen LogP) is 10.9. The van der Waals surface area contributed by atoms with E-state index in [1.54, 1.807) is 0 Å². The number of hydrogen-bond donors (Lipinski definition) is 0. The van der Waals surface area contributed by atoms with Crippen molar-refractivity contribution in [3.8, 4) is 33.6 Å². The third-order valence-electron chi connectivity index (χ3n) is 8.76. The zero-order chi connectivity index (χ0) is 34.1. The van der Waals surface area contributed by atoms with Crippen LogP contribution in [0, 0.1) is 12.1 Å². The van der Waals surface area contributed by atoms with E-state index in [0.717, 1.165) is 39.1 Å². The fourth-order valence-electron chi connectivity index (χ4n) is 6.09. The van der Waals surface area contributed by atoms with Crippen molar-refractivity contribution in [3.63, 3.8) is 0 Å². The van der Waals surface area contributed by atoms with E-state index in [9.17, 15) is 0 Å². The molecule has 0 aliphatic heterocycles. The maximum Gasteiger partial charge on any atom is 0.0795 e. The third-order valence-corrected chi connectivity index (χ3v) is 15.0. The van der Waals surface area contributed by atoms with Crippen LogP contribution in [-0.4, -0.2) is 31.3 Å². The number of nitrogens with zero attached hydrogens (tertiary/aromatic N) is 2. The van der Waals surface area contributed by atoms with E-state index in [1.165, 1.54) is 31.7 Å². The largest absolute Gasteiger partial charge is 0.305 e. The summed E-state index contributed by atoms with van der Waals surface area (Å²) in [6.07, 6.45) is 3.91. The minimum absolute atomic E-state index is 0. The van der Waals surface area contributed by atoms with Crippen molar-refractivity contribution < 1.29 is 24.5 Å². The van der Waals surface area contributed by atoms with Crippen molar-refractivity contribution >= 4 is 52.9 Å². The van der Waals surface area contributed by atoms with Gasteiger partial charge in [0, 0.05) is 26.3 Å². The maximum absolute atomic E-state index is 6.73. The predicted molar refractivity (Wildman–Crippen MR) is 210 cm³/mol. The Hall–Kier alpha value is -3.61. The third kappa shape index (κ3) is 8.07. The molecule has 0 saturated heterocycles. The zero-order valence-electron chi connectivity index (χ0n) is 29.7. The number of pyridine rings is 2. The number of fused-ring (bicyclic) bond motifs is 3. The fraction of sp³-hybridized carbons (Fsp3) is 0.209. The standard InChI is InChI=1S/C29H28GeNO.C14H16NSi.Ir/c1-19(2)21-16-17-31-26(18-21)25-13-9-12-23-24-15-14-22(20-10-7-6-8-11-20)27(30(3,4)5)29(24)32-28(23)25;1-16(2,3)13-9-10-14(15-11-13)12-7-5-4-6-8-12;/h6-12,14-19H,1-5H3;4-7,9-11H,1-3H3;/q2*-1;. The monoisotopic (exact) mass is 899 g/mol. The molecular weight excluding hydrogens is 853 g/mol. The Balaban J connectivity index is 0.000000233. The van der Waals surface area contributed by atoms with Gasteiger partial charge in [0.05, 0.1) is 8.07 Å². The van der Waals surface area contributed by atoms with E-state index in [2.05, 4.69) is 146 Å². The molecule has 6 heteroatoms. The molecule has 49 heavy (non-hydrogen) atoms. The van der Waals surface area contributed by atoms with Crippen LogP contribution in [0.1, 0.15) is 25.3 Å². The normalized spacial score (nSPS) is 11.7. The summed E-state index contributed by atoms with van der Waals surface area (Å²) in [5.41, 5.74) is 9.67. The van der Waals surface area contributed by atoms with Gasteiger partial charge in [-0.15, -0.1) is 35.9 Å². The maximum atomic E-state index is 6.73. The molecule has 0 unspecified atom stereocenters. The van der Waals surface area contributed by atoms with Gasteiger partial charge in [0.2, 0.25) is 0 Å². The Kier molecular flexibility index (Phi) is 11.3. The molecule has 1 radical (unpaired) electrons. The minimum atomic E-state index is -2.30. The van der Waals surface area contributed by atoms with Crippen LogP contribution in [-0.2, 0) is 20.1 Å². The molecule has 7 rings (SSSR count). The van der Waals surface area contributed by atoms with Gasteiger partial charge in [-0.05, 0) is 10.9 Å². The molecule has 7 aromatic rings. The molecule has 0 amide bonds. The topological polar surface area (TPSA) is 38.9 Å². The second-order valence-electron chi connectivity index (χ2n) is 14.8. The first-order valence-electron chi connectivity index (χ1n) is 16.8. The van der Waals surface area contributed by atoms with Crippen LogP contribution >= 0.6 is 0 Å². The van der Waals surface area contributed by atoms with E-state index in [4.69, 9.17) is 4.42 Å². The van der Waals surface area contributed by atoms with Crippen molar-refractivity contribution in [3.05, 3.63) is 133 Å². The second kappa shape index (κ2) is 15.1. The van der Waals surface area contributed by atoms with Gasteiger partial charge in [-0.3, -0.25) is 0 Å². The first kappa shape index (κ1) is 36.7. The van der Waals surface area contributed by atoms with Crippen LogP contribution in [0.3, 0.4) is 0 Å². The first-order chi connectivity index (χ1) is 22.9. The number of benzene rings is 4. The molecule has 0 saturated carbocycles. The molecule has 3 aromatic heterocycles. The molecule has 3 heterocycles. The van der Waals surface area contributed by atoms with Crippen molar-refractivity contribution in [2.45, 2.75) is 56.7 Å². The molecule has 4 aromatic carbocycles. The van der Waals surface area contributed by atoms with Crippen molar-refractivity contribution in [1.29, 1.82) is 0 Å². The molecule has 0 spiro atoms. The van der Waals surface area contributed by atoms with Gasteiger partial charge in [-0.25, -0.2) is 0 Å². The Morgan fingerprint density at radius 2 is 1.45 bits per heavy atom. The molecular formula is C43H44GeIrN2OSi-2. The van der Waals surface area contributed by atoms with Gasteiger partial charge in [0.15, 0.2) is 0 Å². The van der Waals surface area contributed by atoms with Gasteiger partial charge >= 0.3 is 193 Å². The first-order valence-corrected chi connectivity index (χ1v) is 27.6. The summed E-state index contributed by atoms with van der Waals surface area (Å²) in [4.78, 5) is 9.19. The van der Waals surface area contributed by atoms with Gasteiger partial charge < -0.3 is 4.98 Å². The summed E-state index contributed by atoms with van der Waals surface area (Å²) in [5, 5.41) is 3.72. The van der Waals surface area contributed by atoms with E-state index in [-0.39, 0.29) is 20.1 Å². The van der Waals surface area contributed by atoms with Gasteiger partial charge in [0.1, 0.15) is 0 Å². The summed E-state index contributed by atoms with van der Waals surface area (Å²) in [6, 6.07) is 42.4. The molecule has 0 N–H and O–H groups in total. The van der Waals surface area contributed by atoms with Crippen molar-refractivity contribution in [2.24, 2.45) is 0 Å². The van der Waals surface area contributed by atoms with E-state index >= 15 is 0 Å². The Morgan fingerprint density at radius 3 is 2.08 bits per heavy atom. The minimum Gasteiger partial charge on any atom is -0.305 e. The number of aromatic nitrogens is 2. The Morgan fingerprint density at radius 1 is 0.714 bits per heavy atom. The summed E-state index contributed by atoms with van der Waals surface area (Å²) in [5.74, 6) is 7.76. The van der Waals surface area contributed by atoms with Crippen LogP contribution in [0.15, 0.2) is 120 Å². The van der Waals surface area contributed by atoms with Crippen LogP contribution in [0.25, 0.3) is 55.6 Å². The van der Waals surface area contributed by atoms with Gasteiger partial charge in [-0.1, -0.05) is 31.8 Å². The van der Waals surface area contributed by atoms with Crippen LogP contribution < -0.4 is 9.58 Å². The Labute approximate surface area is 309 Å². The molecule has 0 bridgehead atoms. The second-order valence-corrected chi connectivity index (χ2v) is 30.3. The number of furan rings is 1. The quantitative estimate of drug-likeness (QED) is 0.123. The SMILES string of the molecule is CC(C)c1ccnc(-c2[c-]ccc3c2oc2[c]([Ge]([CH3])([CH3])[CH3])c(-c4ccccc4)ccc23)c1.C[Si](C)(C)c1ccc(-c2[c-]cccc2)nc1.[Ir]. The van der Waals surface area contributed by atoms with Crippen molar-refractivity contribution in [2.75, 3.05) is 0 Å². The van der Waals surface area contributed by atoms with Gasteiger partial charge in [-0.2, -0.15) is 0 Å². The van der Waals surface area contributed by atoms with Gasteiger partial charge in [0.25, 0.3) is 0 Å². The average Bonchev–Trinajstić information content (AvgIpc) is 3.47. The molecule has 251 valence electrons. The van der Waals surface area contributed by atoms with E-state index < -0.39 is 21.3 Å². The van der Waals surface area contributed by atoms with E-state index in [0.29, 0.717) is 5.92 Å². The summed E-state index contributed by atoms with van der Waals surface area (Å²) in [6.45, 7) is 11.4. The number of rotatable bonds is 6. The summed E-state index contributed by atoms with van der Waals surface area (Å²) < 4.78 is 8.15. The molecule has 0 atom stereocenters. The fourth-order valence-corrected chi connectivity index (χ4v) is 11.1. The Bertz CT molecular complexity index is 2170.